The molecule has 1 aromatic rings. The third kappa shape index (κ3) is 1.46. The minimum atomic E-state index is -1.60. The van der Waals surface area contributed by atoms with Crippen LogP contribution in [0.4, 0.5) is 17.6 Å². The van der Waals surface area contributed by atoms with Crippen molar-refractivity contribution in [3.05, 3.63) is 34.4 Å². The number of hydrogen-bond acceptors (Lipinski definition) is 2. The Labute approximate surface area is 77.0 Å². The molecular weight excluding hydrogens is 202 g/mol. The number of halogens is 4. The molecule has 0 spiro atoms. The van der Waals surface area contributed by atoms with Crippen LogP contribution >= 0.6 is 0 Å². The highest BCUT2D eigenvalue weighted by Crippen LogP contribution is 2.23. The fraction of sp³-hybridized carbons (Fsp3) is 0.250. The minimum Gasteiger partial charge on any atom is -0.391 e. The SMILES string of the molecule is NCc1c(F)c(F)c(CO)c(F)c1F. The molecule has 0 amide bonds. The van der Waals surface area contributed by atoms with Gasteiger partial charge in [0.25, 0.3) is 0 Å². The Morgan fingerprint density at radius 2 is 1.21 bits per heavy atom. The topological polar surface area (TPSA) is 46.2 Å². The maximum absolute atomic E-state index is 12.9. The third-order valence-corrected chi connectivity index (χ3v) is 1.81. The Hall–Kier alpha value is -1.14. The van der Waals surface area contributed by atoms with Crippen molar-refractivity contribution in [3.8, 4) is 0 Å². The van der Waals surface area contributed by atoms with E-state index in [2.05, 4.69) is 0 Å². The number of rotatable bonds is 2. The summed E-state index contributed by atoms with van der Waals surface area (Å²) in [5.41, 5.74) is 3.01. The summed E-state index contributed by atoms with van der Waals surface area (Å²) in [7, 11) is 0. The Balaban J connectivity index is 3.55. The minimum absolute atomic E-state index is 0.656. The Morgan fingerprint density at radius 1 is 0.857 bits per heavy atom. The summed E-state index contributed by atoms with van der Waals surface area (Å²) in [6.07, 6.45) is 0. The second-order valence-electron chi connectivity index (χ2n) is 2.58. The standard InChI is InChI=1S/C8H7F4NO/c9-5-3(1-13)6(10)8(12)4(2-14)7(5)11/h14H,1-2,13H2. The Morgan fingerprint density at radius 3 is 1.50 bits per heavy atom. The van der Waals surface area contributed by atoms with Gasteiger partial charge in [0.2, 0.25) is 0 Å². The molecule has 78 valence electrons. The van der Waals surface area contributed by atoms with E-state index in [1.165, 1.54) is 0 Å². The Bertz CT molecular complexity index is 303. The van der Waals surface area contributed by atoms with Crippen molar-refractivity contribution in [2.24, 2.45) is 5.73 Å². The van der Waals surface area contributed by atoms with Crippen molar-refractivity contribution in [3.63, 3.8) is 0 Å². The van der Waals surface area contributed by atoms with E-state index >= 15 is 0 Å². The number of hydrogen-bond donors (Lipinski definition) is 2. The quantitative estimate of drug-likeness (QED) is 0.567. The lowest BCUT2D eigenvalue weighted by atomic mass is 10.1. The van der Waals surface area contributed by atoms with Gasteiger partial charge in [0.05, 0.1) is 12.2 Å². The molecule has 0 atom stereocenters. The van der Waals surface area contributed by atoms with Crippen LogP contribution in [-0.2, 0) is 13.2 Å². The maximum Gasteiger partial charge on any atom is 0.167 e. The summed E-state index contributed by atoms with van der Waals surface area (Å²) in [5, 5.41) is 8.47. The first kappa shape index (κ1) is 10.9. The largest absolute Gasteiger partial charge is 0.391 e. The number of nitrogens with two attached hydrogens (primary N) is 1. The molecule has 2 nitrogen and oxygen atoms in total. The normalized spacial score (nSPS) is 10.7. The van der Waals surface area contributed by atoms with Crippen molar-refractivity contribution in [1.82, 2.24) is 0 Å². The van der Waals surface area contributed by atoms with E-state index < -0.39 is 47.5 Å². The summed E-state index contributed by atoms with van der Waals surface area (Å²) in [5.74, 6) is -6.33. The molecule has 0 radical (unpaired) electrons. The van der Waals surface area contributed by atoms with Crippen molar-refractivity contribution in [1.29, 1.82) is 0 Å². The van der Waals surface area contributed by atoms with Crippen molar-refractivity contribution < 1.29 is 22.7 Å². The molecule has 0 heterocycles. The fourth-order valence-corrected chi connectivity index (χ4v) is 1.04. The predicted octanol–water partition coefficient (Wildman–Crippen LogP) is 1.19. The van der Waals surface area contributed by atoms with E-state index in [0.717, 1.165) is 0 Å². The monoisotopic (exact) mass is 209 g/mol. The average molecular weight is 209 g/mol. The van der Waals surface area contributed by atoms with Gasteiger partial charge >= 0.3 is 0 Å². The lowest BCUT2D eigenvalue weighted by Crippen LogP contribution is -2.11. The second-order valence-corrected chi connectivity index (χ2v) is 2.58. The molecule has 0 saturated carbocycles. The zero-order valence-electron chi connectivity index (χ0n) is 6.95. The summed E-state index contributed by atoms with van der Waals surface area (Å²) < 4.78 is 51.6. The first-order valence-corrected chi connectivity index (χ1v) is 3.69. The summed E-state index contributed by atoms with van der Waals surface area (Å²) in [4.78, 5) is 0. The van der Waals surface area contributed by atoms with Gasteiger partial charge in [-0.25, -0.2) is 17.6 Å². The molecule has 0 unspecified atom stereocenters. The zero-order valence-corrected chi connectivity index (χ0v) is 6.95. The van der Waals surface area contributed by atoms with Gasteiger partial charge in [0, 0.05) is 12.1 Å². The van der Waals surface area contributed by atoms with Gasteiger partial charge in [-0.1, -0.05) is 0 Å². The van der Waals surface area contributed by atoms with Crippen LogP contribution in [0.2, 0.25) is 0 Å². The lowest BCUT2D eigenvalue weighted by molar-refractivity contribution is 0.262. The van der Waals surface area contributed by atoms with Crippen molar-refractivity contribution in [2.45, 2.75) is 13.2 Å². The van der Waals surface area contributed by atoms with E-state index in [1.807, 2.05) is 0 Å². The molecular formula is C8H7F4NO. The molecule has 0 aromatic heterocycles. The van der Waals surface area contributed by atoms with Crippen LogP contribution in [0.15, 0.2) is 0 Å². The zero-order chi connectivity index (χ0) is 10.9. The van der Waals surface area contributed by atoms with Crippen LogP contribution in [0.1, 0.15) is 11.1 Å². The van der Waals surface area contributed by atoms with Crippen LogP contribution in [0.5, 0.6) is 0 Å². The molecule has 1 rings (SSSR count). The van der Waals surface area contributed by atoms with E-state index in [4.69, 9.17) is 10.8 Å². The van der Waals surface area contributed by atoms with Crippen LogP contribution in [0.3, 0.4) is 0 Å². The summed E-state index contributed by atoms with van der Waals surface area (Å²) in [6, 6.07) is 0. The lowest BCUT2D eigenvalue weighted by Gasteiger charge is -2.08. The predicted molar refractivity (Wildman–Crippen MR) is 40.1 cm³/mol. The number of benzene rings is 1. The summed E-state index contributed by atoms with van der Waals surface area (Å²) in [6.45, 7) is -1.77. The first-order valence-electron chi connectivity index (χ1n) is 3.69. The van der Waals surface area contributed by atoms with Crippen molar-refractivity contribution >= 4 is 0 Å². The number of aliphatic hydroxyl groups is 1. The smallest absolute Gasteiger partial charge is 0.167 e. The molecule has 0 aliphatic heterocycles. The maximum atomic E-state index is 12.9. The molecule has 6 heteroatoms. The molecule has 0 bridgehead atoms. The van der Waals surface area contributed by atoms with E-state index in [0.29, 0.717) is 0 Å². The van der Waals surface area contributed by atoms with Crippen LogP contribution in [0.25, 0.3) is 0 Å². The fourth-order valence-electron chi connectivity index (χ4n) is 1.04. The third-order valence-electron chi connectivity index (χ3n) is 1.81. The molecule has 0 fully saturated rings. The first-order chi connectivity index (χ1) is 6.54. The average Bonchev–Trinajstić information content (AvgIpc) is 2.17. The molecule has 0 saturated heterocycles. The van der Waals surface area contributed by atoms with Crippen molar-refractivity contribution in [2.75, 3.05) is 0 Å². The molecule has 1 aromatic carbocycles. The van der Waals surface area contributed by atoms with Gasteiger partial charge in [-0.15, -0.1) is 0 Å². The van der Waals surface area contributed by atoms with Gasteiger partial charge in [0.1, 0.15) is 0 Å². The van der Waals surface area contributed by atoms with Gasteiger partial charge < -0.3 is 10.8 Å². The highest BCUT2D eigenvalue weighted by atomic mass is 19.2. The molecule has 3 N–H and O–H groups in total. The highest BCUT2D eigenvalue weighted by molar-refractivity contribution is 5.29. The number of aliphatic hydroxyl groups excluding tert-OH is 1. The van der Waals surface area contributed by atoms with E-state index in [1.54, 1.807) is 0 Å². The highest BCUT2D eigenvalue weighted by Gasteiger charge is 2.23. The van der Waals surface area contributed by atoms with Gasteiger partial charge in [-0.2, -0.15) is 0 Å². The van der Waals surface area contributed by atoms with E-state index in [9.17, 15) is 17.6 Å². The molecule has 14 heavy (non-hydrogen) atoms. The van der Waals surface area contributed by atoms with E-state index in [-0.39, 0.29) is 0 Å². The molecule has 0 aliphatic rings. The summed E-state index contributed by atoms with van der Waals surface area (Å²) >= 11 is 0. The van der Waals surface area contributed by atoms with Crippen LogP contribution in [-0.4, -0.2) is 5.11 Å². The Kier molecular flexibility index (Phi) is 3.07. The molecule has 0 aliphatic carbocycles. The van der Waals surface area contributed by atoms with Gasteiger partial charge in [0.15, 0.2) is 23.3 Å². The second kappa shape index (κ2) is 3.93. The van der Waals surface area contributed by atoms with Gasteiger partial charge in [-0.3, -0.25) is 0 Å². The van der Waals surface area contributed by atoms with Crippen LogP contribution in [0, 0.1) is 23.3 Å². The van der Waals surface area contributed by atoms with Gasteiger partial charge in [-0.05, 0) is 0 Å². The van der Waals surface area contributed by atoms with Crippen LogP contribution < -0.4 is 5.73 Å².